The van der Waals surface area contributed by atoms with Gasteiger partial charge < -0.3 is 10.0 Å². The molecule has 0 unspecified atom stereocenters. The molecule has 0 aromatic rings. The molecule has 0 radical (unpaired) electrons. The fraction of sp³-hybridized carbons (Fsp3) is 0.875. The van der Waals surface area contributed by atoms with Gasteiger partial charge in [-0.25, -0.2) is 12.7 Å². The maximum Gasteiger partial charge on any atom is 0.323 e. The topological polar surface area (TPSA) is 95.0 Å². The number of hydrogen-bond acceptors (Lipinski definition) is 4. The maximum absolute atomic E-state index is 12.6. The van der Waals surface area contributed by atoms with Crippen LogP contribution in [0.3, 0.4) is 0 Å². The Bertz CT molecular complexity index is 525. The maximum atomic E-state index is 12.6. The number of carbonyl (C=O) groups is 2. The molecule has 0 atom stereocenters. The van der Waals surface area contributed by atoms with Crippen LogP contribution in [0.2, 0.25) is 0 Å². The molecule has 1 rings (SSSR count). The second kappa shape index (κ2) is 9.36. The quantitative estimate of drug-likeness (QED) is 0.669. The Kier molecular flexibility index (Phi) is 8.15. The highest BCUT2D eigenvalue weighted by molar-refractivity contribution is 7.89. The minimum atomic E-state index is -3.24. The van der Waals surface area contributed by atoms with E-state index < -0.39 is 16.0 Å². The second-order valence-corrected chi connectivity index (χ2v) is 8.94. The monoisotopic (exact) mass is 362 g/mol. The van der Waals surface area contributed by atoms with Crippen LogP contribution in [0, 0.1) is 11.8 Å². The van der Waals surface area contributed by atoms with Gasteiger partial charge in [-0.3, -0.25) is 9.59 Å². The Morgan fingerprint density at radius 2 is 1.83 bits per heavy atom. The highest BCUT2D eigenvalue weighted by Crippen LogP contribution is 2.23. The average molecular weight is 362 g/mol. The molecule has 8 heteroatoms. The van der Waals surface area contributed by atoms with Gasteiger partial charge in [0.2, 0.25) is 15.9 Å². The van der Waals surface area contributed by atoms with E-state index in [0.29, 0.717) is 38.9 Å². The van der Waals surface area contributed by atoms with Crippen molar-refractivity contribution in [2.75, 3.05) is 31.9 Å². The Morgan fingerprint density at radius 3 is 2.29 bits per heavy atom. The number of amides is 1. The standard InChI is InChI=1S/C16H30N2O5S/c1-4-5-10-24(22,23)18-8-6-14(7-9-18)16(21)17(11-13(2)3)12-15(19)20/h13-14H,4-12H2,1-3H3,(H,19,20). The van der Waals surface area contributed by atoms with Gasteiger partial charge >= 0.3 is 5.97 Å². The number of carbonyl (C=O) groups excluding carboxylic acids is 1. The van der Waals surface area contributed by atoms with Crippen molar-refractivity contribution in [2.24, 2.45) is 11.8 Å². The van der Waals surface area contributed by atoms with Crippen LogP contribution in [-0.4, -0.2) is 66.5 Å². The summed E-state index contributed by atoms with van der Waals surface area (Å²) in [7, 11) is -3.24. The van der Waals surface area contributed by atoms with E-state index in [1.165, 1.54) is 9.21 Å². The number of carboxylic acid groups (broad SMARTS) is 1. The number of carboxylic acids is 1. The zero-order valence-electron chi connectivity index (χ0n) is 14.9. The molecule has 1 heterocycles. The highest BCUT2D eigenvalue weighted by Gasteiger charge is 2.33. The lowest BCUT2D eigenvalue weighted by atomic mass is 9.96. The van der Waals surface area contributed by atoms with Crippen molar-refractivity contribution in [3.8, 4) is 0 Å². The second-order valence-electron chi connectivity index (χ2n) is 6.85. The van der Waals surface area contributed by atoms with Gasteiger partial charge in [-0.05, 0) is 25.2 Å². The number of piperidine rings is 1. The minimum Gasteiger partial charge on any atom is -0.480 e. The van der Waals surface area contributed by atoms with Gasteiger partial charge in [0.15, 0.2) is 0 Å². The first-order valence-electron chi connectivity index (χ1n) is 8.65. The van der Waals surface area contributed by atoms with Crippen molar-refractivity contribution in [2.45, 2.75) is 46.5 Å². The van der Waals surface area contributed by atoms with Gasteiger partial charge in [-0.15, -0.1) is 0 Å². The summed E-state index contributed by atoms with van der Waals surface area (Å²) < 4.78 is 25.9. The molecule has 1 aliphatic heterocycles. The molecule has 7 nitrogen and oxygen atoms in total. The van der Waals surface area contributed by atoms with Gasteiger partial charge in [-0.2, -0.15) is 0 Å². The van der Waals surface area contributed by atoms with Gasteiger partial charge in [0.1, 0.15) is 6.54 Å². The molecule has 1 fully saturated rings. The van der Waals surface area contributed by atoms with Crippen molar-refractivity contribution >= 4 is 21.9 Å². The Hall–Kier alpha value is -1.15. The van der Waals surface area contributed by atoms with Gasteiger partial charge in [-0.1, -0.05) is 27.2 Å². The largest absolute Gasteiger partial charge is 0.480 e. The fourth-order valence-electron chi connectivity index (χ4n) is 2.93. The average Bonchev–Trinajstić information content (AvgIpc) is 2.51. The summed E-state index contributed by atoms with van der Waals surface area (Å²) in [5.41, 5.74) is 0. The molecular formula is C16H30N2O5S. The van der Waals surface area contributed by atoms with Crippen LogP contribution in [0.5, 0.6) is 0 Å². The van der Waals surface area contributed by atoms with E-state index in [2.05, 4.69) is 0 Å². The smallest absolute Gasteiger partial charge is 0.323 e. The molecule has 0 spiro atoms. The van der Waals surface area contributed by atoms with Crippen LogP contribution in [-0.2, 0) is 19.6 Å². The highest BCUT2D eigenvalue weighted by atomic mass is 32.2. The van der Waals surface area contributed by atoms with Crippen molar-refractivity contribution in [1.82, 2.24) is 9.21 Å². The van der Waals surface area contributed by atoms with Crippen LogP contribution < -0.4 is 0 Å². The van der Waals surface area contributed by atoms with E-state index in [1.807, 2.05) is 20.8 Å². The molecule has 1 saturated heterocycles. The van der Waals surface area contributed by atoms with Crippen molar-refractivity contribution in [1.29, 1.82) is 0 Å². The number of nitrogens with zero attached hydrogens (tertiary/aromatic N) is 2. The Balaban J connectivity index is 2.64. The summed E-state index contributed by atoms with van der Waals surface area (Å²) in [6.45, 7) is 6.60. The van der Waals surface area contributed by atoms with Crippen LogP contribution in [0.25, 0.3) is 0 Å². The fourth-order valence-corrected chi connectivity index (χ4v) is 4.61. The van der Waals surface area contributed by atoms with Crippen molar-refractivity contribution in [3.63, 3.8) is 0 Å². The minimum absolute atomic E-state index is 0.153. The predicted octanol–water partition coefficient (Wildman–Crippen LogP) is 1.40. The SMILES string of the molecule is CCCCS(=O)(=O)N1CCC(C(=O)N(CC(=O)O)CC(C)C)CC1. The first-order chi connectivity index (χ1) is 11.2. The van der Waals surface area contributed by atoms with E-state index in [4.69, 9.17) is 5.11 Å². The Labute approximate surface area is 145 Å². The molecule has 0 aromatic heterocycles. The van der Waals surface area contributed by atoms with E-state index >= 15 is 0 Å². The van der Waals surface area contributed by atoms with Crippen molar-refractivity contribution in [3.05, 3.63) is 0 Å². The van der Waals surface area contributed by atoms with Crippen LogP contribution >= 0.6 is 0 Å². The third-order valence-electron chi connectivity index (χ3n) is 4.18. The lowest BCUT2D eigenvalue weighted by Crippen LogP contribution is -2.47. The van der Waals surface area contributed by atoms with Crippen molar-refractivity contribution < 1.29 is 23.1 Å². The van der Waals surface area contributed by atoms with E-state index in [1.54, 1.807) is 0 Å². The number of unbranched alkanes of at least 4 members (excludes halogenated alkanes) is 1. The zero-order chi connectivity index (χ0) is 18.3. The van der Waals surface area contributed by atoms with E-state index in [0.717, 1.165) is 6.42 Å². The summed E-state index contributed by atoms with van der Waals surface area (Å²) in [6, 6.07) is 0. The number of aliphatic carboxylic acids is 1. The number of hydrogen-bond donors (Lipinski definition) is 1. The molecule has 24 heavy (non-hydrogen) atoms. The Morgan fingerprint density at radius 1 is 1.25 bits per heavy atom. The zero-order valence-corrected chi connectivity index (χ0v) is 15.7. The summed E-state index contributed by atoms with van der Waals surface area (Å²) >= 11 is 0. The summed E-state index contributed by atoms with van der Waals surface area (Å²) in [6.07, 6.45) is 2.38. The summed E-state index contributed by atoms with van der Waals surface area (Å²) in [4.78, 5) is 25.0. The first kappa shape index (κ1) is 20.9. The third-order valence-corrected chi connectivity index (χ3v) is 6.13. The van der Waals surface area contributed by atoms with Crippen LogP contribution in [0.4, 0.5) is 0 Å². The molecule has 0 aliphatic carbocycles. The first-order valence-corrected chi connectivity index (χ1v) is 10.3. The molecule has 1 amide bonds. The van der Waals surface area contributed by atoms with Gasteiger partial charge in [0, 0.05) is 25.6 Å². The predicted molar refractivity (Wildman–Crippen MR) is 92.0 cm³/mol. The molecule has 1 N–H and O–H groups in total. The molecule has 1 aliphatic rings. The third kappa shape index (κ3) is 6.39. The van der Waals surface area contributed by atoms with Crippen LogP contribution in [0.1, 0.15) is 46.5 Å². The molecule has 140 valence electrons. The van der Waals surface area contributed by atoms with E-state index in [-0.39, 0.29) is 30.0 Å². The number of sulfonamides is 1. The van der Waals surface area contributed by atoms with Gasteiger partial charge in [0.05, 0.1) is 5.75 Å². The summed E-state index contributed by atoms with van der Waals surface area (Å²) in [5, 5.41) is 8.99. The normalized spacial score (nSPS) is 17.2. The number of rotatable bonds is 9. The van der Waals surface area contributed by atoms with Crippen LogP contribution in [0.15, 0.2) is 0 Å². The molecular weight excluding hydrogens is 332 g/mol. The van der Waals surface area contributed by atoms with Gasteiger partial charge in [0.25, 0.3) is 0 Å². The molecule has 0 saturated carbocycles. The summed E-state index contributed by atoms with van der Waals surface area (Å²) in [5.74, 6) is -1.15. The van der Waals surface area contributed by atoms with E-state index in [9.17, 15) is 18.0 Å². The lowest BCUT2D eigenvalue weighted by Gasteiger charge is -2.33. The molecule has 0 bridgehead atoms. The lowest BCUT2D eigenvalue weighted by molar-refractivity contribution is -0.147. The molecule has 0 aromatic carbocycles.